The summed E-state index contributed by atoms with van der Waals surface area (Å²) in [6, 6.07) is 3.55. The summed E-state index contributed by atoms with van der Waals surface area (Å²) < 4.78 is 0. The van der Waals surface area contributed by atoms with Gasteiger partial charge in [0.25, 0.3) is 5.56 Å². The lowest BCUT2D eigenvalue weighted by molar-refractivity contribution is 0.867. The van der Waals surface area contributed by atoms with Crippen molar-refractivity contribution < 1.29 is 0 Å². The van der Waals surface area contributed by atoms with Gasteiger partial charge in [-0.05, 0) is 30.4 Å². The molecule has 6 heteroatoms. The molecule has 0 atom stereocenters. The number of hydrogen-bond donors (Lipinski definition) is 2. The molecule has 2 heterocycles. The molecule has 0 aliphatic rings. The number of aryl methyl sites for hydroxylation is 2. The lowest BCUT2D eigenvalue weighted by atomic mass is 10.2. The number of rotatable bonds is 5. The Bertz CT molecular complexity index is 630. The van der Waals surface area contributed by atoms with Crippen molar-refractivity contribution in [1.82, 2.24) is 9.97 Å². The zero-order valence-corrected chi connectivity index (χ0v) is 11.8. The highest BCUT2D eigenvalue weighted by Gasteiger charge is 2.00. The van der Waals surface area contributed by atoms with Crippen molar-refractivity contribution in [2.24, 2.45) is 5.10 Å². The number of hydrazone groups is 1. The van der Waals surface area contributed by atoms with E-state index >= 15 is 0 Å². The smallest absolute Gasteiger partial charge is 0.252 e. The highest BCUT2D eigenvalue weighted by atomic mass is 32.1. The van der Waals surface area contributed by atoms with Crippen LogP contribution in [0, 0.1) is 6.92 Å². The van der Waals surface area contributed by atoms with Gasteiger partial charge in [0.15, 0.2) is 0 Å². The number of nitrogens with one attached hydrogen (secondary N) is 2. The Kier molecular flexibility index (Phi) is 4.46. The van der Waals surface area contributed by atoms with E-state index in [2.05, 4.69) is 20.5 Å². The minimum Gasteiger partial charge on any atom is -0.291 e. The zero-order valence-electron chi connectivity index (χ0n) is 10.9. The van der Waals surface area contributed by atoms with E-state index < -0.39 is 0 Å². The van der Waals surface area contributed by atoms with Crippen molar-refractivity contribution >= 4 is 23.5 Å². The maximum atomic E-state index is 11.4. The van der Waals surface area contributed by atoms with Crippen LogP contribution in [0.3, 0.4) is 0 Å². The lowest BCUT2D eigenvalue weighted by Gasteiger charge is -2.01. The van der Waals surface area contributed by atoms with Crippen LogP contribution < -0.4 is 11.0 Å². The SMILES string of the molecule is CCCc1cc(=O)[nH]c(NN=Cc2sccc2C)n1. The minimum absolute atomic E-state index is 0.163. The molecule has 0 saturated heterocycles. The molecule has 2 aromatic heterocycles. The molecule has 0 spiro atoms. The fourth-order valence-corrected chi connectivity index (χ4v) is 2.40. The van der Waals surface area contributed by atoms with E-state index in [-0.39, 0.29) is 5.56 Å². The van der Waals surface area contributed by atoms with Crippen LogP contribution in [0.5, 0.6) is 0 Å². The highest BCUT2D eigenvalue weighted by Crippen LogP contribution is 2.12. The summed E-state index contributed by atoms with van der Waals surface area (Å²) in [7, 11) is 0. The van der Waals surface area contributed by atoms with Gasteiger partial charge in [0, 0.05) is 16.6 Å². The summed E-state index contributed by atoms with van der Waals surface area (Å²) in [5.74, 6) is 0.376. The predicted octanol–water partition coefficient (Wildman–Crippen LogP) is 2.54. The number of nitrogens with zero attached hydrogens (tertiary/aromatic N) is 2. The molecule has 0 bridgehead atoms. The van der Waals surface area contributed by atoms with Crippen molar-refractivity contribution in [3.05, 3.63) is 44.0 Å². The van der Waals surface area contributed by atoms with E-state index in [1.54, 1.807) is 17.6 Å². The molecule has 0 fully saturated rings. The number of anilines is 1. The summed E-state index contributed by atoms with van der Waals surface area (Å²) in [5, 5.41) is 6.10. The molecule has 0 radical (unpaired) electrons. The maximum Gasteiger partial charge on any atom is 0.252 e. The van der Waals surface area contributed by atoms with Crippen LogP contribution in [0.1, 0.15) is 29.5 Å². The van der Waals surface area contributed by atoms with Crippen LogP contribution in [0.2, 0.25) is 0 Å². The van der Waals surface area contributed by atoms with Crippen LogP contribution in [0.15, 0.2) is 27.4 Å². The molecule has 0 aliphatic heterocycles. The van der Waals surface area contributed by atoms with Crippen LogP contribution in [0.4, 0.5) is 5.95 Å². The Morgan fingerprint density at radius 3 is 3.11 bits per heavy atom. The van der Waals surface area contributed by atoms with E-state index in [0.29, 0.717) is 5.95 Å². The molecule has 0 unspecified atom stereocenters. The Morgan fingerprint density at radius 1 is 1.58 bits per heavy atom. The van der Waals surface area contributed by atoms with E-state index in [4.69, 9.17) is 0 Å². The first-order valence-corrected chi connectivity index (χ1v) is 7.00. The maximum absolute atomic E-state index is 11.4. The first-order valence-electron chi connectivity index (χ1n) is 6.12. The van der Waals surface area contributed by atoms with Gasteiger partial charge in [0.2, 0.25) is 5.95 Å². The third kappa shape index (κ3) is 3.75. The third-order valence-electron chi connectivity index (χ3n) is 2.55. The van der Waals surface area contributed by atoms with Gasteiger partial charge in [0.1, 0.15) is 0 Å². The van der Waals surface area contributed by atoms with Crippen molar-refractivity contribution in [2.45, 2.75) is 26.7 Å². The molecule has 0 aromatic carbocycles. The van der Waals surface area contributed by atoms with Gasteiger partial charge in [-0.2, -0.15) is 5.10 Å². The van der Waals surface area contributed by atoms with Gasteiger partial charge in [0.05, 0.1) is 6.21 Å². The summed E-state index contributed by atoms with van der Waals surface area (Å²) >= 11 is 1.62. The fourth-order valence-electron chi connectivity index (χ4n) is 1.61. The monoisotopic (exact) mass is 276 g/mol. The summed E-state index contributed by atoms with van der Waals surface area (Å²) in [6.07, 6.45) is 3.46. The quantitative estimate of drug-likeness (QED) is 0.651. The van der Waals surface area contributed by atoms with Crippen LogP contribution in [0.25, 0.3) is 0 Å². The Hall–Kier alpha value is -1.95. The number of thiophene rings is 1. The van der Waals surface area contributed by atoms with E-state index in [9.17, 15) is 4.79 Å². The van der Waals surface area contributed by atoms with Gasteiger partial charge in [-0.1, -0.05) is 13.3 Å². The van der Waals surface area contributed by atoms with E-state index in [1.807, 2.05) is 25.3 Å². The molecule has 2 aromatic rings. The average Bonchev–Trinajstić information content (AvgIpc) is 2.75. The molecule has 19 heavy (non-hydrogen) atoms. The van der Waals surface area contributed by atoms with Gasteiger partial charge in [-0.25, -0.2) is 10.4 Å². The molecular weight excluding hydrogens is 260 g/mol. The summed E-state index contributed by atoms with van der Waals surface area (Å²) in [4.78, 5) is 19.4. The number of aromatic amines is 1. The third-order valence-corrected chi connectivity index (χ3v) is 3.51. The number of aromatic nitrogens is 2. The Balaban J connectivity index is 2.09. The van der Waals surface area contributed by atoms with Crippen molar-refractivity contribution in [2.75, 3.05) is 5.43 Å². The first kappa shape index (κ1) is 13.5. The lowest BCUT2D eigenvalue weighted by Crippen LogP contribution is -2.11. The topological polar surface area (TPSA) is 70.1 Å². The van der Waals surface area contributed by atoms with Gasteiger partial charge in [-0.15, -0.1) is 11.3 Å². The van der Waals surface area contributed by atoms with Crippen LogP contribution in [-0.2, 0) is 6.42 Å². The Morgan fingerprint density at radius 2 is 2.42 bits per heavy atom. The zero-order chi connectivity index (χ0) is 13.7. The predicted molar refractivity (Wildman–Crippen MR) is 79.1 cm³/mol. The van der Waals surface area contributed by atoms with Gasteiger partial charge in [-0.3, -0.25) is 9.78 Å². The molecule has 2 rings (SSSR count). The molecule has 5 nitrogen and oxygen atoms in total. The second-order valence-electron chi connectivity index (χ2n) is 4.17. The number of H-pyrrole nitrogens is 1. The average molecular weight is 276 g/mol. The van der Waals surface area contributed by atoms with Crippen molar-refractivity contribution in [3.63, 3.8) is 0 Å². The molecule has 100 valence electrons. The minimum atomic E-state index is -0.163. The molecule has 0 amide bonds. The van der Waals surface area contributed by atoms with Gasteiger partial charge >= 0.3 is 0 Å². The van der Waals surface area contributed by atoms with Crippen molar-refractivity contribution in [1.29, 1.82) is 0 Å². The van der Waals surface area contributed by atoms with Crippen LogP contribution in [-0.4, -0.2) is 16.2 Å². The summed E-state index contributed by atoms with van der Waals surface area (Å²) in [5.41, 5.74) is 4.55. The highest BCUT2D eigenvalue weighted by molar-refractivity contribution is 7.11. The van der Waals surface area contributed by atoms with Crippen LogP contribution >= 0.6 is 11.3 Å². The first-order chi connectivity index (χ1) is 9.19. The summed E-state index contributed by atoms with van der Waals surface area (Å²) in [6.45, 7) is 4.08. The molecule has 0 saturated carbocycles. The molecular formula is C13H16N4OS. The van der Waals surface area contributed by atoms with E-state index in [0.717, 1.165) is 23.4 Å². The van der Waals surface area contributed by atoms with E-state index in [1.165, 1.54) is 11.6 Å². The van der Waals surface area contributed by atoms with Gasteiger partial charge < -0.3 is 0 Å². The largest absolute Gasteiger partial charge is 0.291 e. The molecule has 0 aliphatic carbocycles. The standard InChI is InChI=1S/C13H16N4OS/c1-3-4-10-7-12(18)16-13(15-10)17-14-8-11-9(2)5-6-19-11/h5-8H,3-4H2,1-2H3,(H2,15,16,17,18). The van der Waals surface area contributed by atoms with Crippen molar-refractivity contribution in [3.8, 4) is 0 Å². The normalized spacial score (nSPS) is 11.1. The number of hydrogen-bond acceptors (Lipinski definition) is 5. The second-order valence-corrected chi connectivity index (χ2v) is 5.12. The Labute approximate surface area is 115 Å². The second kappa shape index (κ2) is 6.29. The molecule has 2 N–H and O–H groups in total. The fraction of sp³-hybridized carbons (Fsp3) is 0.308.